The number of halogens is 1. The van der Waals surface area contributed by atoms with Crippen molar-refractivity contribution in [3.8, 4) is 5.75 Å². The topological polar surface area (TPSA) is 31.4 Å². The highest BCUT2D eigenvalue weighted by Crippen LogP contribution is 2.38. The Balaban J connectivity index is 1.63. The van der Waals surface area contributed by atoms with Gasteiger partial charge in [-0.25, -0.2) is 4.98 Å². The van der Waals surface area contributed by atoms with Crippen molar-refractivity contribution in [2.24, 2.45) is 0 Å². The molecule has 3 nitrogen and oxygen atoms in total. The van der Waals surface area contributed by atoms with Crippen molar-refractivity contribution in [3.63, 3.8) is 0 Å². The Morgan fingerprint density at radius 1 is 1.37 bits per heavy atom. The van der Waals surface area contributed by atoms with Gasteiger partial charge in [0, 0.05) is 12.8 Å². The third-order valence-electron chi connectivity index (χ3n) is 3.85. The Labute approximate surface area is 126 Å². The Morgan fingerprint density at radius 2 is 2.21 bits per heavy atom. The lowest BCUT2D eigenvalue weighted by molar-refractivity contribution is -0.116. The monoisotopic (exact) mass is 343 g/mol. The number of ether oxygens (including phenoxy) is 2. The van der Waals surface area contributed by atoms with Gasteiger partial charge in [-0.1, -0.05) is 0 Å². The first-order valence-electron chi connectivity index (χ1n) is 6.76. The molecule has 0 bridgehead atoms. The predicted octanol–water partition coefficient (Wildman–Crippen LogP) is 3.67. The van der Waals surface area contributed by atoms with Crippen molar-refractivity contribution in [2.45, 2.75) is 37.4 Å². The molecule has 104 valence electrons. The van der Waals surface area contributed by atoms with E-state index in [-0.39, 0.29) is 11.7 Å². The predicted molar refractivity (Wildman–Crippen MR) is 80.8 cm³/mol. The Kier molecular flexibility index (Phi) is 4.34. The summed E-state index contributed by atoms with van der Waals surface area (Å²) in [6.07, 6.45) is 6.36. The van der Waals surface area contributed by atoms with Crippen molar-refractivity contribution in [1.82, 2.24) is 4.98 Å². The quantitative estimate of drug-likeness (QED) is 0.766. The molecule has 0 aromatic carbocycles. The van der Waals surface area contributed by atoms with Gasteiger partial charge in [0.15, 0.2) is 0 Å². The van der Waals surface area contributed by atoms with Crippen LogP contribution in [-0.4, -0.2) is 34.8 Å². The first-order chi connectivity index (χ1) is 9.26. The highest BCUT2D eigenvalue weighted by Gasteiger charge is 2.39. The van der Waals surface area contributed by atoms with Crippen LogP contribution in [0, 0.1) is 0 Å². The minimum Gasteiger partial charge on any atom is -0.489 e. The third-order valence-corrected chi connectivity index (χ3v) is 5.31. The number of aromatic nitrogens is 1. The van der Waals surface area contributed by atoms with E-state index in [9.17, 15) is 0 Å². The number of hydrogen-bond donors (Lipinski definition) is 0. The second-order valence-electron chi connectivity index (χ2n) is 5.19. The molecule has 2 aliphatic heterocycles. The molecule has 0 radical (unpaired) electrons. The van der Waals surface area contributed by atoms with Crippen LogP contribution in [0.2, 0.25) is 0 Å². The molecule has 0 aliphatic carbocycles. The van der Waals surface area contributed by atoms with E-state index in [0.717, 1.165) is 42.6 Å². The lowest BCUT2D eigenvalue weighted by Crippen LogP contribution is -2.46. The standard InChI is InChI=1S/C14H18BrNO2S/c15-13-2-1-12(10-16-13)18-11-3-6-17-14(9-11)4-7-19-8-5-14/h1-2,10-11H,3-9H2. The summed E-state index contributed by atoms with van der Waals surface area (Å²) in [7, 11) is 0. The van der Waals surface area contributed by atoms with Gasteiger partial charge in [-0.15, -0.1) is 0 Å². The van der Waals surface area contributed by atoms with Gasteiger partial charge in [-0.05, 0) is 52.4 Å². The van der Waals surface area contributed by atoms with Gasteiger partial charge in [0.2, 0.25) is 0 Å². The first-order valence-corrected chi connectivity index (χ1v) is 8.70. The molecule has 1 unspecified atom stereocenters. The summed E-state index contributed by atoms with van der Waals surface area (Å²) in [5.74, 6) is 3.29. The number of thioether (sulfide) groups is 1. The van der Waals surface area contributed by atoms with Crippen LogP contribution >= 0.6 is 27.7 Å². The molecule has 1 atom stereocenters. The smallest absolute Gasteiger partial charge is 0.138 e. The lowest BCUT2D eigenvalue weighted by Gasteiger charge is -2.43. The molecule has 0 N–H and O–H groups in total. The van der Waals surface area contributed by atoms with Gasteiger partial charge in [0.1, 0.15) is 16.5 Å². The van der Waals surface area contributed by atoms with Crippen LogP contribution in [0.4, 0.5) is 0 Å². The molecular formula is C14H18BrNO2S. The summed E-state index contributed by atoms with van der Waals surface area (Å²) in [5, 5.41) is 0. The van der Waals surface area contributed by atoms with E-state index in [4.69, 9.17) is 9.47 Å². The molecule has 3 heterocycles. The molecule has 2 saturated heterocycles. The van der Waals surface area contributed by atoms with Crippen LogP contribution < -0.4 is 4.74 Å². The normalized spacial score (nSPS) is 26.3. The lowest BCUT2D eigenvalue weighted by atomic mass is 9.86. The van der Waals surface area contributed by atoms with Crippen LogP contribution in [0.15, 0.2) is 22.9 Å². The number of hydrogen-bond acceptors (Lipinski definition) is 4. The van der Waals surface area contributed by atoms with Crippen LogP contribution in [0.5, 0.6) is 5.75 Å². The van der Waals surface area contributed by atoms with E-state index in [1.807, 2.05) is 23.9 Å². The number of rotatable bonds is 2. The second-order valence-corrected chi connectivity index (χ2v) is 7.23. The second kappa shape index (κ2) is 6.02. The Morgan fingerprint density at radius 3 is 2.95 bits per heavy atom. The Hall–Kier alpha value is -0.260. The summed E-state index contributed by atoms with van der Waals surface area (Å²) in [4.78, 5) is 4.21. The minimum absolute atomic E-state index is 0.0803. The van der Waals surface area contributed by atoms with Crippen LogP contribution in [-0.2, 0) is 4.74 Å². The molecule has 0 amide bonds. The fourth-order valence-electron chi connectivity index (χ4n) is 2.80. The molecule has 0 saturated carbocycles. The minimum atomic E-state index is 0.0803. The summed E-state index contributed by atoms with van der Waals surface area (Å²) >= 11 is 5.37. The number of pyridine rings is 1. The first kappa shape index (κ1) is 13.7. The molecule has 1 aromatic rings. The maximum Gasteiger partial charge on any atom is 0.138 e. The molecule has 3 rings (SSSR count). The van der Waals surface area contributed by atoms with Gasteiger partial charge in [0.25, 0.3) is 0 Å². The maximum atomic E-state index is 6.08. The molecule has 5 heteroatoms. The van der Waals surface area contributed by atoms with Gasteiger partial charge in [-0.3, -0.25) is 0 Å². The largest absolute Gasteiger partial charge is 0.489 e. The maximum absolute atomic E-state index is 6.08. The average molecular weight is 344 g/mol. The van der Waals surface area contributed by atoms with Gasteiger partial charge in [-0.2, -0.15) is 11.8 Å². The molecule has 1 spiro atoms. The molecule has 2 aliphatic rings. The zero-order valence-electron chi connectivity index (χ0n) is 10.8. The highest BCUT2D eigenvalue weighted by atomic mass is 79.9. The van der Waals surface area contributed by atoms with Crippen molar-refractivity contribution < 1.29 is 9.47 Å². The average Bonchev–Trinajstić information content (AvgIpc) is 2.42. The van der Waals surface area contributed by atoms with Crippen LogP contribution in [0.1, 0.15) is 25.7 Å². The molecule has 2 fully saturated rings. The molecule has 19 heavy (non-hydrogen) atoms. The van der Waals surface area contributed by atoms with E-state index >= 15 is 0 Å². The van der Waals surface area contributed by atoms with E-state index < -0.39 is 0 Å². The summed E-state index contributed by atoms with van der Waals surface area (Å²) in [5.41, 5.74) is 0.0803. The summed E-state index contributed by atoms with van der Waals surface area (Å²) in [6.45, 7) is 0.819. The zero-order valence-corrected chi connectivity index (χ0v) is 13.2. The van der Waals surface area contributed by atoms with E-state index in [1.165, 1.54) is 11.5 Å². The fraction of sp³-hybridized carbons (Fsp3) is 0.643. The highest BCUT2D eigenvalue weighted by molar-refractivity contribution is 9.10. The van der Waals surface area contributed by atoms with E-state index in [1.54, 1.807) is 6.20 Å². The van der Waals surface area contributed by atoms with E-state index in [2.05, 4.69) is 20.9 Å². The zero-order chi connectivity index (χ0) is 13.1. The van der Waals surface area contributed by atoms with E-state index in [0.29, 0.717) is 0 Å². The fourth-order valence-corrected chi connectivity index (χ4v) is 4.27. The van der Waals surface area contributed by atoms with Gasteiger partial charge in [0.05, 0.1) is 18.4 Å². The van der Waals surface area contributed by atoms with Crippen molar-refractivity contribution in [1.29, 1.82) is 0 Å². The van der Waals surface area contributed by atoms with Crippen LogP contribution in [0.25, 0.3) is 0 Å². The summed E-state index contributed by atoms with van der Waals surface area (Å²) < 4.78 is 13.0. The van der Waals surface area contributed by atoms with Gasteiger partial charge < -0.3 is 9.47 Å². The molecular weight excluding hydrogens is 326 g/mol. The van der Waals surface area contributed by atoms with Crippen molar-refractivity contribution >= 4 is 27.7 Å². The third kappa shape index (κ3) is 3.44. The summed E-state index contributed by atoms with van der Waals surface area (Å²) in [6, 6.07) is 3.89. The Bertz CT molecular complexity index is 414. The SMILES string of the molecule is Brc1ccc(OC2CCOC3(CCSCC3)C2)cn1. The van der Waals surface area contributed by atoms with Gasteiger partial charge >= 0.3 is 0 Å². The van der Waals surface area contributed by atoms with Crippen LogP contribution in [0.3, 0.4) is 0 Å². The van der Waals surface area contributed by atoms with Crippen molar-refractivity contribution in [2.75, 3.05) is 18.1 Å². The number of nitrogens with zero attached hydrogens (tertiary/aromatic N) is 1. The molecule has 1 aromatic heterocycles. The van der Waals surface area contributed by atoms with Crippen molar-refractivity contribution in [3.05, 3.63) is 22.9 Å².